The third kappa shape index (κ3) is 7.42. The average molecular weight is 322 g/mol. The summed E-state index contributed by atoms with van der Waals surface area (Å²) in [6, 6.07) is 0. The Morgan fingerprint density at radius 3 is 2.00 bits per heavy atom. The first kappa shape index (κ1) is 21.3. The van der Waals surface area contributed by atoms with Crippen LogP contribution in [-0.2, 0) is 14.3 Å². The van der Waals surface area contributed by atoms with E-state index in [1.165, 1.54) is 6.92 Å². The lowest BCUT2D eigenvalue weighted by molar-refractivity contribution is -0.146. The van der Waals surface area contributed by atoms with Crippen molar-refractivity contribution in [2.24, 2.45) is 11.8 Å². The molecule has 0 saturated carbocycles. The second-order valence-corrected chi connectivity index (χ2v) is 6.17. The molecule has 0 aromatic rings. The minimum absolute atomic E-state index is 0.0619. The van der Waals surface area contributed by atoms with Crippen LogP contribution in [0.25, 0.3) is 0 Å². The number of rotatable bonds is 8. The first-order chi connectivity index (χ1) is 10.6. The molecule has 0 aromatic carbocycles. The summed E-state index contributed by atoms with van der Waals surface area (Å²) in [7, 11) is 0. The van der Waals surface area contributed by atoms with Crippen molar-refractivity contribution >= 4 is 12.3 Å². The Labute approximate surface area is 139 Å². The fourth-order valence-corrected chi connectivity index (χ4v) is 2.52. The van der Waals surface area contributed by atoms with Crippen molar-refractivity contribution in [1.29, 1.82) is 0 Å². The van der Waals surface area contributed by atoms with Crippen LogP contribution in [-0.4, -0.2) is 29.6 Å². The van der Waals surface area contributed by atoms with Crippen LogP contribution in [0.1, 0.15) is 48.5 Å². The molecule has 4 nitrogen and oxygen atoms in total. The van der Waals surface area contributed by atoms with Gasteiger partial charge in [-0.2, -0.15) is 0 Å². The average Bonchev–Trinajstić information content (AvgIpc) is 2.50. The number of esters is 1. The van der Waals surface area contributed by atoms with Crippen molar-refractivity contribution in [1.82, 2.24) is 0 Å². The summed E-state index contributed by atoms with van der Waals surface area (Å²) >= 11 is 0. The minimum atomic E-state index is -0.684. The van der Waals surface area contributed by atoms with E-state index in [0.29, 0.717) is 5.57 Å². The number of aldehydes is 1. The predicted molar refractivity (Wildman–Crippen MR) is 92.9 cm³/mol. The number of allylic oxidation sites excluding steroid dienone is 2. The van der Waals surface area contributed by atoms with Crippen LogP contribution < -0.4 is 0 Å². The largest absolute Gasteiger partial charge is 0.457 e. The molecule has 0 bridgehead atoms. The van der Waals surface area contributed by atoms with Gasteiger partial charge in [0.2, 0.25) is 0 Å². The third-order valence-corrected chi connectivity index (χ3v) is 3.88. The Morgan fingerprint density at radius 2 is 1.57 bits per heavy atom. The summed E-state index contributed by atoms with van der Waals surface area (Å²) in [6.07, 6.45) is 5.34. The minimum Gasteiger partial charge on any atom is -0.457 e. The zero-order chi connectivity index (χ0) is 18.2. The highest BCUT2D eigenvalue weighted by atomic mass is 16.5. The predicted octanol–water partition coefficient (Wildman–Crippen LogP) is 3.61. The topological polar surface area (TPSA) is 63.6 Å². The smallest absolute Gasteiger partial charge is 0.303 e. The van der Waals surface area contributed by atoms with Gasteiger partial charge in [-0.05, 0) is 44.4 Å². The van der Waals surface area contributed by atoms with Crippen LogP contribution in [0, 0.1) is 11.8 Å². The van der Waals surface area contributed by atoms with Gasteiger partial charge in [0.05, 0.1) is 6.10 Å². The Morgan fingerprint density at radius 1 is 1.00 bits per heavy atom. The molecule has 0 aromatic heterocycles. The third-order valence-electron chi connectivity index (χ3n) is 3.88. The molecule has 0 heterocycles. The van der Waals surface area contributed by atoms with Gasteiger partial charge < -0.3 is 9.84 Å². The molecule has 0 amide bonds. The number of hydrogen-bond donors (Lipinski definition) is 1. The first-order valence-electron chi connectivity index (χ1n) is 7.94. The second-order valence-electron chi connectivity index (χ2n) is 6.17. The van der Waals surface area contributed by atoms with E-state index >= 15 is 0 Å². The Hall–Kier alpha value is -1.68. The molecule has 0 rings (SSSR count). The summed E-state index contributed by atoms with van der Waals surface area (Å²) in [5.41, 5.74) is 2.36. The van der Waals surface area contributed by atoms with Gasteiger partial charge in [0.1, 0.15) is 12.4 Å². The number of carbonyl (C=O) groups excluding carboxylic acids is 2. The lowest BCUT2D eigenvalue weighted by Gasteiger charge is -2.24. The summed E-state index contributed by atoms with van der Waals surface area (Å²) < 4.78 is 5.40. The van der Waals surface area contributed by atoms with Crippen molar-refractivity contribution in [3.05, 3.63) is 34.9 Å². The SMILES string of the molecule is C/C=C(\C)[C@@H](OC(C)=O)[C@@H](C)/C=C(\C)[C@@H](O)[C@@H](C)/C=C(\C)C=O. The van der Waals surface area contributed by atoms with Crippen LogP contribution >= 0.6 is 0 Å². The fourth-order valence-electron chi connectivity index (χ4n) is 2.52. The molecule has 23 heavy (non-hydrogen) atoms. The Kier molecular flexibility index (Phi) is 9.42. The Bertz CT molecular complexity index is 499. The van der Waals surface area contributed by atoms with E-state index in [2.05, 4.69) is 0 Å². The lowest BCUT2D eigenvalue weighted by atomic mass is 9.91. The summed E-state index contributed by atoms with van der Waals surface area (Å²) in [4.78, 5) is 22.0. The van der Waals surface area contributed by atoms with Gasteiger partial charge in [-0.25, -0.2) is 0 Å². The van der Waals surface area contributed by atoms with Crippen LogP contribution in [0.2, 0.25) is 0 Å². The van der Waals surface area contributed by atoms with Gasteiger partial charge in [-0.15, -0.1) is 0 Å². The van der Waals surface area contributed by atoms with Gasteiger partial charge in [-0.1, -0.05) is 32.1 Å². The van der Waals surface area contributed by atoms with E-state index in [9.17, 15) is 14.7 Å². The highest BCUT2D eigenvalue weighted by Crippen LogP contribution is 2.22. The van der Waals surface area contributed by atoms with E-state index in [1.807, 2.05) is 46.8 Å². The fraction of sp³-hybridized carbons (Fsp3) is 0.579. The van der Waals surface area contributed by atoms with Crippen molar-refractivity contribution in [2.45, 2.75) is 60.7 Å². The molecule has 0 aliphatic carbocycles. The molecule has 0 aliphatic heterocycles. The van der Waals surface area contributed by atoms with Gasteiger partial charge in [0.25, 0.3) is 0 Å². The zero-order valence-electron chi connectivity index (χ0n) is 15.3. The van der Waals surface area contributed by atoms with Crippen molar-refractivity contribution < 1.29 is 19.4 Å². The molecule has 1 N–H and O–H groups in total. The van der Waals surface area contributed by atoms with Crippen LogP contribution in [0.4, 0.5) is 0 Å². The van der Waals surface area contributed by atoms with Gasteiger partial charge in [-0.3, -0.25) is 9.59 Å². The molecular weight excluding hydrogens is 292 g/mol. The molecule has 0 radical (unpaired) electrons. The van der Waals surface area contributed by atoms with Crippen LogP contribution in [0.5, 0.6) is 0 Å². The highest BCUT2D eigenvalue weighted by Gasteiger charge is 2.22. The molecule has 0 aliphatic rings. The maximum atomic E-state index is 11.3. The van der Waals surface area contributed by atoms with Gasteiger partial charge in [0.15, 0.2) is 0 Å². The first-order valence-corrected chi connectivity index (χ1v) is 7.94. The summed E-state index contributed by atoms with van der Waals surface area (Å²) in [5.74, 6) is -0.556. The number of ether oxygens (including phenoxy) is 1. The van der Waals surface area contributed by atoms with Gasteiger partial charge >= 0.3 is 5.97 Å². The maximum Gasteiger partial charge on any atom is 0.303 e. The molecule has 0 saturated heterocycles. The summed E-state index contributed by atoms with van der Waals surface area (Å²) in [6.45, 7) is 12.6. The summed E-state index contributed by atoms with van der Waals surface area (Å²) in [5, 5.41) is 10.4. The van der Waals surface area contributed by atoms with E-state index in [-0.39, 0.29) is 23.9 Å². The van der Waals surface area contributed by atoms with E-state index in [1.54, 1.807) is 13.0 Å². The number of aliphatic hydroxyl groups is 1. The van der Waals surface area contributed by atoms with E-state index < -0.39 is 6.10 Å². The monoisotopic (exact) mass is 322 g/mol. The molecule has 4 atom stereocenters. The molecular formula is C19H30O4. The second kappa shape index (κ2) is 10.2. The quantitative estimate of drug-likeness (QED) is 0.321. The standard InChI is InChI=1S/C19H30O4/c1-8-13(3)19(23-17(7)21)16(6)10-15(5)18(22)14(4)9-12(2)11-20/h8-11,14,16,18-19,22H,1-7H3/b12-9+,13-8+,15-10+/t14-,16-,18-,19+/m0/s1. The van der Waals surface area contributed by atoms with Crippen LogP contribution in [0.3, 0.4) is 0 Å². The molecule has 130 valence electrons. The van der Waals surface area contributed by atoms with Crippen molar-refractivity contribution in [3.63, 3.8) is 0 Å². The molecule has 0 fully saturated rings. The maximum absolute atomic E-state index is 11.3. The van der Waals surface area contributed by atoms with Crippen LogP contribution in [0.15, 0.2) is 34.9 Å². The molecule has 0 spiro atoms. The van der Waals surface area contributed by atoms with E-state index in [0.717, 1.165) is 17.4 Å². The van der Waals surface area contributed by atoms with Crippen molar-refractivity contribution in [2.75, 3.05) is 0 Å². The number of aliphatic hydroxyl groups excluding tert-OH is 1. The van der Waals surface area contributed by atoms with Crippen molar-refractivity contribution in [3.8, 4) is 0 Å². The lowest BCUT2D eigenvalue weighted by Crippen LogP contribution is -2.26. The Balaban J connectivity index is 5.24. The van der Waals surface area contributed by atoms with Gasteiger partial charge in [0, 0.05) is 18.8 Å². The zero-order valence-corrected chi connectivity index (χ0v) is 15.3. The molecule has 4 heteroatoms. The number of carbonyl (C=O) groups is 2. The number of hydrogen-bond acceptors (Lipinski definition) is 4. The normalized spacial score (nSPS) is 18.9. The van der Waals surface area contributed by atoms with E-state index in [4.69, 9.17) is 4.74 Å². The molecule has 0 unspecified atom stereocenters. The highest BCUT2D eigenvalue weighted by molar-refractivity contribution is 5.72.